The molecule has 4 heteroatoms. The molecule has 0 unspecified atom stereocenters. The van der Waals surface area contributed by atoms with Crippen LogP contribution in [0.2, 0.25) is 38.3 Å². The molecule has 4 fully saturated rings. The SMILES string of the molecule is CC[Si](C)(C)O[Si](C)(C)CC.C[C@@]12CCC[C@H]1[C@@H]1CC[C@H]3C[C@H](O)CC[C@]3(C)[C@H]1CC2. The summed E-state index contributed by atoms with van der Waals surface area (Å²) in [5.41, 5.74) is 1.25. The van der Waals surface area contributed by atoms with E-state index in [1.54, 1.807) is 0 Å². The molecule has 0 amide bonds. The zero-order chi connectivity index (χ0) is 23.1. The molecular formula is C27H54O2Si2. The van der Waals surface area contributed by atoms with Crippen LogP contribution < -0.4 is 0 Å². The van der Waals surface area contributed by atoms with Crippen molar-refractivity contribution in [3.05, 3.63) is 0 Å². The highest BCUT2D eigenvalue weighted by atomic mass is 28.4. The van der Waals surface area contributed by atoms with Gasteiger partial charge in [-0.05, 0) is 131 Å². The van der Waals surface area contributed by atoms with Gasteiger partial charge in [0.15, 0.2) is 16.6 Å². The topological polar surface area (TPSA) is 29.5 Å². The minimum absolute atomic E-state index is 0.00459. The van der Waals surface area contributed by atoms with Crippen LogP contribution in [0.3, 0.4) is 0 Å². The van der Waals surface area contributed by atoms with E-state index in [9.17, 15) is 5.11 Å². The molecule has 0 saturated heterocycles. The second kappa shape index (κ2) is 9.54. The van der Waals surface area contributed by atoms with Gasteiger partial charge in [-0.3, -0.25) is 0 Å². The fraction of sp³-hybridized carbons (Fsp3) is 1.00. The molecule has 0 bridgehead atoms. The number of aliphatic hydroxyl groups excluding tert-OH is 1. The van der Waals surface area contributed by atoms with Crippen LogP contribution >= 0.6 is 0 Å². The molecule has 0 heterocycles. The fourth-order valence-corrected chi connectivity index (χ4v) is 15.3. The highest BCUT2D eigenvalue weighted by Crippen LogP contribution is 2.66. The van der Waals surface area contributed by atoms with Crippen molar-refractivity contribution in [1.82, 2.24) is 0 Å². The van der Waals surface area contributed by atoms with Crippen molar-refractivity contribution in [2.24, 2.45) is 34.5 Å². The molecule has 7 atom stereocenters. The predicted octanol–water partition coefficient (Wildman–Crippen LogP) is 8.23. The molecule has 0 radical (unpaired) electrons. The standard InChI is InChI=1S/C19H32O.C8H22OSi2/c1-18-9-3-4-16(18)15-6-5-13-12-14(20)7-11-19(13,2)17(15)8-10-18;1-7-10(3,4)9-11(5,6)8-2/h13-17,20H,3-12H2,1-2H3;7-8H2,1-6H3/t13-,14+,15-,16-,17-,18-,19-;/m0./s1. The number of hydrogen-bond donors (Lipinski definition) is 1. The average Bonchev–Trinajstić information content (AvgIpc) is 3.10. The smallest absolute Gasteiger partial charge is 0.173 e. The Balaban J connectivity index is 0.000000214. The lowest BCUT2D eigenvalue weighted by molar-refractivity contribution is -0.120. The van der Waals surface area contributed by atoms with Gasteiger partial charge in [-0.25, -0.2) is 0 Å². The number of aliphatic hydroxyl groups is 1. The van der Waals surface area contributed by atoms with Gasteiger partial charge in [-0.2, -0.15) is 0 Å². The molecule has 0 aliphatic heterocycles. The monoisotopic (exact) mass is 466 g/mol. The van der Waals surface area contributed by atoms with Gasteiger partial charge in [-0.1, -0.05) is 34.1 Å². The van der Waals surface area contributed by atoms with Crippen molar-refractivity contribution in [2.75, 3.05) is 0 Å². The lowest BCUT2D eigenvalue weighted by Gasteiger charge is -2.60. The van der Waals surface area contributed by atoms with Crippen LogP contribution in [-0.4, -0.2) is 27.8 Å². The summed E-state index contributed by atoms with van der Waals surface area (Å²) in [4.78, 5) is 0. The fourth-order valence-electron chi connectivity index (χ4n) is 8.12. The van der Waals surface area contributed by atoms with Crippen molar-refractivity contribution < 1.29 is 9.22 Å². The third kappa shape index (κ3) is 5.54. The minimum atomic E-state index is -1.27. The van der Waals surface area contributed by atoms with E-state index in [-0.39, 0.29) is 6.10 Å². The van der Waals surface area contributed by atoms with E-state index in [1.165, 1.54) is 63.5 Å². The molecule has 0 aromatic rings. The average molecular weight is 467 g/mol. The summed E-state index contributed by atoms with van der Waals surface area (Å²) in [6.45, 7) is 18.9. The van der Waals surface area contributed by atoms with Gasteiger partial charge in [0, 0.05) is 0 Å². The molecule has 0 aromatic heterocycles. The summed E-state index contributed by atoms with van der Waals surface area (Å²) in [6, 6.07) is 2.48. The van der Waals surface area contributed by atoms with Crippen LogP contribution in [-0.2, 0) is 4.12 Å². The number of hydrogen-bond acceptors (Lipinski definition) is 2. The quantitative estimate of drug-likeness (QED) is 0.423. The normalized spacial score (nSPS) is 42.7. The Hall–Kier alpha value is 0.354. The Morgan fingerprint density at radius 1 is 0.806 bits per heavy atom. The summed E-state index contributed by atoms with van der Waals surface area (Å²) < 4.78 is 6.20. The molecule has 0 spiro atoms. The van der Waals surface area contributed by atoms with Gasteiger partial charge in [0.05, 0.1) is 6.10 Å². The van der Waals surface area contributed by atoms with Crippen LogP contribution in [0, 0.1) is 34.5 Å². The molecule has 1 N–H and O–H groups in total. The third-order valence-electron chi connectivity index (χ3n) is 10.7. The van der Waals surface area contributed by atoms with Gasteiger partial charge in [0.25, 0.3) is 0 Å². The van der Waals surface area contributed by atoms with Crippen molar-refractivity contribution in [3.63, 3.8) is 0 Å². The van der Waals surface area contributed by atoms with Crippen molar-refractivity contribution in [1.29, 1.82) is 0 Å². The summed E-state index contributed by atoms with van der Waals surface area (Å²) in [7, 11) is -2.54. The van der Waals surface area contributed by atoms with E-state index < -0.39 is 16.6 Å². The van der Waals surface area contributed by atoms with Gasteiger partial charge in [0.1, 0.15) is 0 Å². The Morgan fingerprint density at radius 2 is 1.45 bits per heavy atom. The first-order chi connectivity index (χ1) is 14.4. The summed E-state index contributed by atoms with van der Waals surface area (Å²) in [5.74, 6) is 3.85. The van der Waals surface area contributed by atoms with Crippen LogP contribution in [0.25, 0.3) is 0 Å². The van der Waals surface area contributed by atoms with Crippen molar-refractivity contribution in [2.45, 2.75) is 136 Å². The largest absolute Gasteiger partial charge is 0.456 e. The van der Waals surface area contributed by atoms with Crippen molar-refractivity contribution >= 4 is 16.6 Å². The van der Waals surface area contributed by atoms with Crippen LogP contribution in [0.5, 0.6) is 0 Å². The zero-order valence-corrected chi connectivity index (χ0v) is 24.2. The van der Waals surface area contributed by atoms with E-state index in [4.69, 9.17) is 4.12 Å². The molecule has 182 valence electrons. The molecule has 2 nitrogen and oxygen atoms in total. The highest BCUT2D eigenvalue weighted by Gasteiger charge is 2.57. The highest BCUT2D eigenvalue weighted by molar-refractivity contribution is 6.84. The van der Waals surface area contributed by atoms with Gasteiger partial charge >= 0.3 is 0 Å². The molecule has 4 aliphatic rings. The molecule has 4 aliphatic carbocycles. The van der Waals surface area contributed by atoms with E-state index >= 15 is 0 Å². The Bertz CT molecular complexity index is 592. The maximum absolute atomic E-state index is 10.0. The first kappa shape index (κ1) is 26.0. The lowest BCUT2D eigenvalue weighted by Crippen LogP contribution is -2.53. The van der Waals surface area contributed by atoms with Gasteiger partial charge < -0.3 is 9.22 Å². The maximum atomic E-state index is 10.0. The van der Waals surface area contributed by atoms with Crippen LogP contribution in [0.15, 0.2) is 0 Å². The predicted molar refractivity (Wildman–Crippen MR) is 139 cm³/mol. The second-order valence-electron chi connectivity index (χ2n) is 13.5. The molecule has 4 saturated carbocycles. The molecular weight excluding hydrogens is 412 g/mol. The molecule has 31 heavy (non-hydrogen) atoms. The summed E-state index contributed by atoms with van der Waals surface area (Å²) in [6.07, 6.45) is 13.8. The zero-order valence-electron chi connectivity index (χ0n) is 22.2. The van der Waals surface area contributed by atoms with E-state index in [0.717, 1.165) is 36.5 Å². The Morgan fingerprint density at radius 3 is 2.06 bits per heavy atom. The van der Waals surface area contributed by atoms with Gasteiger partial charge in [-0.15, -0.1) is 0 Å². The van der Waals surface area contributed by atoms with Crippen LogP contribution in [0.4, 0.5) is 0 Å². The number of fused-ring (bicyclic) bond motifs is 5. The maximum Gasteiger partial charge on any atom is 0.173 e. The second-order valence-corrected chi connectivity index (χ2v) is 22.8. The van der Waals surface area contributed by atoms with Gasteiger partial charge in [0.2, 0.25) is 0 Å². The molecule has 4 rings (SSSR count). The van der Waals surface area contributed by atoms with E-state index in [2.05, 4.69) is 53.9 Å². The third-order valence-corrected chi connectivity index (χ3v) is 18.5. The minimum Gasteiger partial charge on any atom is -0.456 e. The Kier molecular flexibility index (Phi) is 7.99. The Labute approximate surface area is 196 Å². The number of rotatable bonds is 4. The lowest BCUT2D eigenvalue weighted by atomic mass is 9.45. The molecule has 0 aromatic carbocycles. The van der Waals surface area contributed by atoms with E-state index in [0.29, 0.717) is 10.8 Å². The van der Waals surface area contributed by atoms with Crippen LogP contribution in [0.1, 0.15) is 91.9 Å². The summed E-state index contributed by atoms with van der Waals surface area (Å²) >= 11 is 0. The first-order valence-electron chi connectivity index (χ1n) is 13.7. The van der Waals surface area contributed by atoms with Crippen molar-refractivity contribution in [3.8, 4) is 0 Å². The van der Waals surface area contributed by atoms with E-state index in [1.807, 2.05) is 0 Å². The summed E-state index contributed by atoms with van der Waals surface area (Å²) in [5, 5.41) is 10.0. The first-order valence-corrected chi connectivity index (χ1v) is 20.0.